The molecule has 61 heavy (non-hydrogen) atoms. The average Bonchev–Trinajstić information content (AvgIpc) is 3.87. The van der Waals surface area contributed by atoms with E-state index in [1.165, 1.54) is 5.39 Å². The fraction of sp³-hybridized carbons (Fsp3) is 0. The van der Waals surface area contributed by atoms with E-state index in [9.17, 15) is 0 Å². The molecule has 0 aliphatic carbocycles. The molecule has 0 atom stereocenters. The molecule has 3 heterocycles. The summed E-state index contributed by atoms with van der Waals surface area (Å²) in [7, 11) is 31.3. The van der Waals surface area contributed by atoms with E-state index in [2.05, 4.69) is 77.4 Å². The minimum absolute atomic E-state index is 0.169. The predicted molar refractivity (Wildman–Crippen MR) is 256 cm³/mol. The smallest absolute Gasteiger partial charge is 0.164 e. The normalized spacial score (nSPS) is 11.6. The van der Waals surface area contributed by atoms with Gasteiger partial charge < -0.3 is 8.98 Å². The van der Waals surface area contributed by atoms with E-state index in [4.69, 9.17) is 58.6 Å². The Balaban J connectivity index is 1.09. The predicted octanol–water partition coefficient (Wildman–Crippen LogP) is 7.17. The highest BCUT2D eigenvalue weighted by Gasteiger charge is 2.22. The standard InChI is InChI=1S/C51H27B5N4O/c52-44-41(45(53)47(55)48(56)46(44)54)28-21-23-30(24-22-28)50-57-49(29-11-3-1-4-12-29)58-51(59-50)35-17-10-20-40-43(35)42-33(16-9-19-39(42)61-40)31-25-26-38-36(27-31)34-15-7-8-18-37(34)60(38)32-13-5-2-6-14-32/h1-27H. The van der Waals surface area contributed by atoms with Crippen molar-refractivity contribution in [3.8, 4) is 62.1 Å². The molecule has 11 aromatic rings. The molecule has 0 aliphatic rings. The molecule has 5 nitrogen and oxygen atoms in total. The molecule has 8 aromatic carbocycles. The van der Waals surface area contributed by atoms with Gasteiger partial charge in [0.1, 0.15) is 50.4 Å². The van der Waals surface area contributed by atoms with Crippen molar-refractivity contribution in [3.05, 3.63) is 164 Å². The molecular weight excluding hydrogens is 739 g/mol. The fourth-order valence-electron chi connectivity index (χ4n) is 8.58. The lowest BCUT2D eigenvalue weighted by Gasteiger charge is -2.21. The molecule has 0 fully saturated rings. The first-order valence-electron chi connectivity index (χ1n) is 19.8. The summed E-state index contributed by atoms with van der Waals surface area (Å²) in [4.78, 5) is 15.3. The highest BCUT2D eigenvalue weighted by molar-refractivity contribution is 6.68. The quantitative estimate of drug-likeness (QED) is 0.169. The van der Waals surface area contributed by atoms with E-state index in [0.717, 1.165) is 77.4 Å². The van der Waals surface area contributed by atoms with Crippen LogP contribution in [0.4, 0.5) is 0 Å². The molecule has 0 bridgehead atoms. The molecule has 11 rings (SSSR count). The van der Waals surface area contributed by atoms with Gasteiger partial charge in [0, 0.05) is 43.9 Å². The molecular formula is C51H27B5N4O. The number of aromatic nitrogens is 4. The molecule has 3 aromatic heterocycles. The number of furan rings is 1. The summed E-state index contributed by atoms with van der Waals surface area (Å²) in [5, 5.41) is 4.23. The molecule has 0 amide bonds. The maximum atomic E-state index is 6.60. The van der Waals surface area contributed by atoms with Gasteiger partial charge in [-0.2, -0.15) is 0 Å². The number of hydrogen-bond donors (Lipinski definition) is 0. The zero-order valence-corrected chi connectivity index (χ0v) is 32.7. The van der Waals surface area contributed by atoms with Gasteiger partial charge in [0.2, 0.25) is 0 Å². The minimum Gasteiger partial charge on any atom is -0.456 e. The second-order valence-electron chi connectivity index (χ2n) is 15.1. The molecule has 0 unspecified atom stereocenters. The SMILES string of the molecule is [B]c1c([B])c([B])c(-c2ccc(-c3nc(-c4ccccc4)nc(-c4cccc5oc6cccc(-c7ccc8c(c7)c7ccccc7n8-c7ccccc7)c6c45)n3)cc2)c([B])c1[B]. The van der Waals surface area contributed by atoms with Crippen molar-refractivity contribution in [2.24, 2.45) is 0 Å². The van der Waals surface area contributed by atoms with Gasteiger partial charge >= 0.3 is 0 Å². The second-order valence-corrected chi connectivity index (χ2v) is 15.1. The Morgan fingerprint density at radius 2 is 0.885 bits per heavy atom. The summed E-state index contributed by atoms with van der Waals surface area (Å²) in [6, 6.07) is 55.5. The highest BCUT2D eigenvalue weighted by Crippen LogP contribution is 2.43. The molecule has 10 heteroatoms. The largest absolute Gasteiger partial charge is 0.456 e. The number of rotatable bonds is 6. The Morgan fingerprint density at radius 1 is 0.377 bits per heavy atom. The molecule has 0 aliphatic heterocycles. The van der Waals surface area contributed by atoms with Crippen LogP contribution in [0.2, 0.25) is 0 Å². The van der Waals surface area contributed by atoms with Crippen LogP contribution in [0.15, 0.2) is 168 Å². The van der Waals surface area contributed by atoms with E-state index in [1.54, 1.807) is 0 Å². The summed E-state index contributed by atoms with van der Waals surface area (Å²) < 4.78 is 8.93. The first kappa shape index (κ1) is 36.8. The van der Waals surface area contributed by atoms with Gasteiger partial charge in [-0.15, -0.1) is 16.4 Å². The van der Waals surface area contributed by atoms with E-state index in [-0.39, 0.29) is 27.3 Å². The van der Waals surface area contributed by atoms with E-state index in [1.807, 2.05) is 91.0 Å². The van der Waals surface area contributed by atoms with Crippen molar-refractivity contribution in [1.82, 2.24) is 19.5 Å². The fourth-order valence-corrected chi connectivity index (χ4v) is 8.58. The van der Waals surface area contributed by atoms with Gasteiger partial charge in [0.05, 0.1) is 11.0 Å². The van der Waals surface area contributed by atoms with Crippen LogP contribution in [0.5, 0.6) is 0 Å². The van der Waals surface area contributed by atoms with Crippen LogP contribution in [0.3, 0.4) is 0 Å². The summed E-state index contributed by atoms with van der Waals surface area (Å²) in [6.45, 7) is 0. The van der Waals surface area contributed by atoms with Crippen molar-refractivity contribution >= 4 is 110 Å². The molecule has 0 spiro atoms. The van der Waals surface area contributed by atoms with Crippen LogP contribution < -0.4 is 27.3 Å². The Labute approximate surface area is 358 Å². The lowest BCUT2D eigenvalue weighted by molar-refractivity contribution is 0.669. The van der Waals surface area contributed by atoms with Gasteiger partial charge in [0.15, 0.2) is 17.5 Å². The van der Waals surface area contributed by atoms with Crippen molar-refractivity contribution in [2.45, 2.75) is 0 Å². The van der Waals surface area contributed by atoms with Crippen LogP contribution in [-0.2, 0) is 0 Å². The van der Waals surface area contributed by atoms with Crippen LogP contribution in [0.1, 0.15) is 0 Å². The minimum atomic E-state index is 0.169. The van der Waals surface area contributed by atoms with Crippen LogP contribution in [-0.4, -0.2) is 58.8 Å². The van der Waals surface area contributed by atoms with Crippen LogP contribution in [0.25, 0.3) is 106 Å². The summed E-state index contributed by atoms with van der Waals surface area (Å²) in [5.41, 5.74) is 11.8. The Hall–Kier alpha value is -7.31. The maximum absolute atomic E-state index is 6.60. The van der Waals surface area contributed by atoms with Crippen LogP contribution in [0, 0.1) is 0 Å². The number of nitrogens with zero attached hydrogens (tertiary/aromatic N) is 4. The van der Waals surface area contributed by atoms with Crippen molar-refractivity contribution in [3.63, 3.8) is 0 Å². The molecule has 0 N–H and O–H groups in total. The van der Waals surface area contributed by atoms with Gasteiger partial charge in [-0.1, -0.05) is 132 Å². The third kappa shape index (κ3) is 5.96. The monoisotopic (exact) mass is 766 g/mol. The van der Waals surface area contributed by atoms with Crippen LogP contribution >= 0.6 is 0 Å². The number of hydrogen-bond acceptors (Lipinski definition) is 4. The maximum Gasteiger partial charge on any atom is 0.164 e. The molecule has 0 saturated heterocycles. The number of benzene rings is 8. The summed E-state index contributed by atoms with van der Waals surface area (Å²) in [6.07, 6.45) is 0. The third-order valence-corrected chi connectivity index (χ3v) is 11.6. The van der Waals surface area contributed by atoms with E-state index >= 15 is 0 Å². The Morgan fingerprint density at radius 3 is 1.57 bits per heavy atom. The van der Waals surface area contributed by atoms with E-state index < -0.39 is 0 Å². The first-order valence-corrected chi connectivity index (χ1v) is 19.8. The van der Waals surface area contributed by atoms with Gasteiger partial charge in [-0.3, -0.25) is 0 Å². The Kier molecular flexibility index (Phi) is 8.71. The Bertz CT molecular complexity index is 3500. The van der Waals surface area contributed by atoms with Crippen molar-refractivity contribution in [2.75, 3.05) is 0 Å². The van der Waals surface area contributed by atoms with Gasteiger partial charge in [-0.05, 0) is 64.7 Å². The second kappa shape index (κ2) is 14.5. The molecule has 10 radical (unpaired) electrons. The number of fused-ring (bicyclic) bond motifs is 6. The van der Waals surface area contributed by atoms with Crippen molar-refractivity contribution < 1.29 is 4.42 Å². The first-order chi connectivity index (χ1) is 29.8. The highest BCUT2D eigenvalue weighted by atomic mass is 16.3. The zero-order chi connectivity index (χ0) is 41.4. The number of para-hydroxylation sites is 2. The van der Waals surface area contributed by atoms with E-state index in [0.29, 0.717) is 23.0 Å². The van der Waals surface area contributed by atoms with Gasteiger partial charge in [-0.25, -0.2) is 15.0 Å². The average molecular weight is 766 g/mol. The zero-order valence-electron chi connectivity index (χ0n) is 32.7. The van der Waals surface area contributed by atoms with Gasteiger partial charge in [0.25, 0.3) is 0 Å². The topological polar surface area (TPSA) is 56.7 Å². The molecule has 0 saturated carbocycles. The lowest BCUT2D eigenvalue weighted by atomic mass is 9.59. The van der Waals surface area contributed by atoms with Crippen molar-refractivity contribution in [1.29, 1.82) is 0 Å². The molecule has 272 valence electrons. The summed E-state index contributed by atoms with van der Waals surface area (Å²) in [5.74, 6) is 1.52. The summed E-state index contributed by atoms with van der Waals surface area (Å²) >= 11 is 0. The third-order valence-electron chi connectivity index (χ3n) is 11.6. The lowest BCUT2D eigenvalue weighted by Crippen LogP contribution is -2.55.